The lowest BCUT2D eigenvalue weighted by atomic mass is 10.1. The second-order valence-corrected chi connectivity index (χ2v) is 4.70. The summed E-state index contributed by atoms with van der Waals surface area (Å²) in [7, 11) is 5.44. The van der Waals surface area contributed by atoms with Crippen molar-refractivity contribution < 1.29 is 9.53 Å². The number of amides is 1. The van der Waals surface area contributed by atoms with Crippen molar-refractivity contribution in [2.24, 2.45) is 0 Å². The van der Waals surface area contributed by atoms with Crippen LogP contribution in [-0.4, -0.2) is 51.7 Å². The van der Waals surface area contributed by atoms with Gasteiger partial charge in [0.1, 0.15) is 0 Å². The van der Waals surface area contributed by atoms with Gasteiger partial charge in [-0.15, -0.1) is 6.58 Å². The molecule has 5 nitrogen and oxygen atoms in total. The number of rotatable bonds is 7. The monoisotopic (exact) mass is 277 g/mol. The molecule has 0 spiro atoms. The van der Waals surface area contributed by atoms with Gasteiger partial charge in [0.15, 0.2) is 0 Å². The van der Waals surface area contributed by atoms with E-state index in [-0.39, 0.29) is 5.91 Å². The molecule has 0 saturated carbocycles. The van der Waals surface area contributed by atoms with Crippen LogP contribution in [0.1, 0.15) is 10.4 Å². The Morgan fingerprint density at radius 2 is 2.15 bits per heavy atom. The molecule has 0 fully saturated rings. The lowest BCUT2D eigenvalue weighted by Gasteiger charge is -2.22. The zero-order valence-corrected chi connectivity index (χ0v) is 12.4. The van der Waals surface area contributed by atoms with Gasteiger partial charge in [0.25, 0.3) is 5.91 Å². The summed E-state index contributed by atoms with van der Waals surface area (Å²) in [5, 5.41) is 0. The summed E-state index contributed by atoms with van der Waals surface area (Å²) in [6.07, 6.45) is 1.70. The van der Waals surface area contributed by atoms with Crippen LogP contribution in [0.4, 0.5) is 11.4 Å². The Labute approximate surface area is 120 Å². The highest BCUT2D eigenvalue weighted by Crippen LogP contribution is 2.23. The van der Waals surface area contributed by atoms with Gasteiger partial charge < -0.3 is 20.3 Å². The average Bonchev–Trinajstić information content (AvgIpc) is 2.42. The van der Waals surface area contributed by atoms with Crippen molar-refractivity contribution in [1.82, 2.24) is 4.90 Å². The summed E-state index contributed by atoms with van der Waals surface area (Å²) in [4.78, 5) is 16.0. The van der Waals surface area contributed by atoms with Crippen LogP contribution in [-0.2, 0) is 4.74 Å². The molecule has 0 aliphatic heterocycles. The summed E-state index contributed by atoms with van der Waals surface area (Å²) in [6, 6.07) is 5.35. The Morgan fingerprint density at radius 1 is 1.45 bits per heavy atom. The average molecular weight is 277 g/mol. The zero-order valence-electron chi connectivity index (χ0n) is 12.4. The molecule has 2 N–H and O–H groups in total. The Bertz CT molecular complexity index is 472. The number of hydrogen-bond acceptors (Lipinski definition) is 4. The van der Waals surface area contributed by atoms with Gasteiger partial charge in [0, 0.05) is 39.9 Å². The maximum absolute atomic E-state index is 12.4. The van der Waals surface area contributed by atoms with E-state index < -0.39 is 0 Å². The van der Waals surface area contributed by atoms with Crippen LogP contribution in [0, 0.1) is 0 Å². The van der Waals surface area contributed by atoms with E-state index in [4.69, 9.17) is 10.5 Å². The molecule has 0 saturated heterocycles. The molecule has 0 bridgehead atoms. The number of hydrogen-bond donors (Lipinski definition) is 1. The van der Waals surface area contributed by atoms with Gasteiger partial charge in [0.2, 0.25) is 0 Å². The highest BCUT2D eigenvalue weighted by Gasteiger charge is 2.15. The summed E-state index contributed by atoms with van der Waals surface area (Å²) in [5.41, 5.74) is 8.04. The summed E-state index contributed by atoms with van der Waals surface area (Å²) in [6.45, 7) is 5.17. The highest BCUT2D eigenvalue weighted by molar-refractivity contribution is 5.96. The molecule has 0 unspecified atom stereocenters. The number of ether oxygens (including phenoxy) is 1. The van der Waals surface area contributed by atoms with E-state index in [1.54, 1.807) is 30.2 Å². The zero-order chi connectivity index (χ0) is 15.1. The molecule has 20 heavy (non-hydrogen) atoms. The third kappa shape index (κ3) is 3.99. The van der Waals surface area contributed by atoms with Gasteiger partial charge in [-0.1, -0.05) is 6.08 Å². The maximum Gasteiger partial charge on any atom is 0.254 e. The molecular weight excluding hydrogens is 254 g/mol. The number of carbonyl (C=O) groups excluding carboxylic acids is 1. The highest BCUT2D eigenvalue weighted by atomic mass is 16.5. The molecule has 0 heterocycles. The van der Waals surface area contributed by atoms with Gasteiger partial charge in [-0.25, -0.2) is 0 Å². The predicted octanol–water partition coefficient (Wildman–Crippen LogP) is 1.61. The minimum atomic E-state index is -0.0704. The van der Waals surface area contributed by atoms with Crippen molar-refractivity contribution in [3.63, 3.8) is 0 Å². The molecule has 0 aliphatic carbocycles. The van der Waals surface area contributed by atoms with Crippen molar-refractivity contribution >= 4 is 17.3 Å². The number of nitrogens with two attached hydrogens (primary N) is 1. The van der Waals surface area contributed by atoms with E-state index in [0.717, 1.165) is 5.69 Å². The molecule has 1 rings (SSSR count). The summed E-state index contributed by atoms with van der Waals surface area (Å²) >= 11 is 0. The second-order valence-electron chi connectivity index (χ2n) is 4.70. The van der Waals surface area contributed by atoms with Crippen LogP contribution in [0.15, 0.2) is 30.9 Å². The summed E-state index contributed by atoms with van der Waals surface area (Å²) in [5.74, 6) is -0.0704. The van der Waals surface area contributed by atoms with Crippen LogP contribution in [0.2, 0.25) is 0 Å². The predicted molar refractivity (Wildman–Crippen MR) is 83.2 cm³/mol. The SMILES string of the molecule is C=CCN(CCOC)C(=O)c1ccc(N(C)C)c(N)c1. The topological polar surface area (TPSA) is 58.8 Å². The Balaban J connectivity index is 2.93. The maximum atomic E-state index is 12.4. The number of nitrogen functional groups attached to an aromatic ring is 1. The van der Waals surface area contributed by atoms with Crippen LogP contribution in [0.5, 0.6) is 0 Å². The number of carbonyl (C=O) groups is 1. The van der Waals surface area contributed by atoms with E-state index >= 15 is 0 Å². The van der Waals surface area contributed by atoms with Crippen LogP contribution in [0.25, 0.3) is 0 Å². The lowest BCUT2D eigenvalue weighted by molar-refractivity contribution is 0.0718. The van der Waals surface area contributed by atoms with E-state index in [0.29, 0.717) is 30.9 Å². The van der Waals surface area contributed by atoms with E-state index in [1.165, 1.54) is 0 Å². The largest absolute Gasteiger partial charge is 0.397 e. The molecule has 0 aliphatic rings. The van der Waals surface area contributed by atoms with Crippen LogP contribution in [0.3, 0.4) is 0 Å². The molecule has 5 heteroatoms. The Hall–Kier alpha value is -2.01. The molecule has 110 valence electrons. The van der Waals surface area contributed by atoms with Gasteiger partial charge in [-0.3, -0.25) is 4.79 Å². The third-order valence-corrected chi connectivity index (χ3v) is 2.96. The number of methoxy groups -OCH3 is 1. The standard InChI is InChI=1S/C15H23N3O2/c1-5-8-18(9-10-20-4)15(19)12-6-7-14(17(2)3)13(16)11-12/h5-7,11H,1,8-10,16H2,2-4H3. The third-order valence-electron chi connectivity index (χ3n) is 2.96. The van der Waals surface area contributed by atoms with Crippen molar-refractivity contribution in [1.29, 1.82) is 0 Å². The molecule has 0 atom stereocenters. The minimum absolute atomic E-state index is 0.0704. The van der Waals surface area contributed by atoms with Crippen LogP contribution >= 0.6 is 0 Å². The molecule has 1 aromatic carbocycles. The smallest absolute Gasteiger partial charge is 0.254 e. The number of anilines is 2. The molecule has 1 amide bonds. The Kier molecular flexibility index (Phi) is 6.06. The van der Waals surface area contributed by atoms with Gasteiger partial charge >= 0.3 is 0 Å². The first-order valence-corrected chi connectivity index (χ1v) is 6.47. The molecule has 0 aromatic heterocycles. The minimum Gasteiger partial charge on any atom is -0.397 e. The number of benzene rings is 1. The first-order valence-electron chi connectivity index (χ1n) is 6.47. The van der Waals surface area contributed by atoms with Gasteiger partial charge in [-0.05, 0) is 18.2 Å². The first kappa shape index (κ1) is 16.0. The van der Waals surface area contributed by atoms with Crippen molar-refractivity contribution in [3.8, 4) is 0 Å². The fourth-order valence-corrected chi connectivity index (χ4v) is 1.91. The summed E-state index contributed by atoms with van der Waals surface area (Å²) < 4.78 is 5.02. The molecular formula is C15H23N3O2. The lowest BCUT2D eigenvalue weighted by Crippen LogP contribution is -2.34. The van der Waals surface area contributed by atoms with E-state index in [1.807, 2.05) is 25.1 Å². The Morgan fingerprint density at radius 3 is 2.65 bits per heavy atom. The molecule has 1 aromatic rings. The fraction of sp³-hybridized carbons (Fsp3) is 0.400. The second kappa shape index (κ2) is 7.55. The van der Waals surface area contributed by atoms with E-state index in [9.17, 15) is 4.79 Å². The van der Waals surface area contributed by atoms with Crippen molar-refractivity contribution in [2.45, 2.75) is 0 Å². The van der Waals surface area contributed by atoms with Gasteiger partial charge in [-0.2, -0.15) is 0 Å². The fourth-order valence-electron chi connectivity index (χ4n) is 1.91. The van der Waals surface area contributed by atoms with Crippen LogP contribution < -0.4 is 10.6 Å². The quantitative estimate of drug-likeness (QED) is 0.607. The van der Waals surface area contributed by atoms with Crippen molar-refractivity contribution in [3.05, 3.63) is 36.4 Å². The van der Waals surface area contributed by atoms with Crippen molar-refractivity contribution in [2.75, 3.05) is 51.5 Å². The van der Waals surface area contributed by atoms with E-state index in [2.05, 4.69) is 6.58 Å². The molecule has 0 radical (unpaired) electrons. The first-order chi connectivity index (χ1) is 9.51. The number of nitrogens with zero attached hydrogens (tertiary/aromatic N) is 2. The normalized spacial score (nSPS) is 10.2. The van der Waals surface area contributed by atoms with Gasteiger partial charge in [0.05, 0.1) is 18.0 Å².